The molecule has 0 atom stereocenters. The number of nitrogens with zero attached hydrogens (tertiary/aromatic N) is 3. The molecule has 0 radical (unpaired) electrons. The molecule has 2 amide bonds. The van der Waals surface area contributed by atoms with Gasteiger partial charge in [-0.2, -0.15) is 0 Å². The molecular weight excluding hydrogens is 506 g/mol. The van der Waals surface area contributed by atoms with Gasteiger partial charge in [0, 0.05) is 50.4 Å². The van der Waals surface area contributed by atoms with E-state index in [1.807, 2.05) is 61.5 Å². The number of aryl methyl sites for hydroxylation is 1. The average molecular weight is 540 g/mol. The smallest absolute Gasteiger partial charge is 0.333 e. The van der Waals surface area contributed by atoms with Gasteiger partial charge < -0.3 is 20.3 Å². The summed E-state index contributed by atoms with van der Waals surface area (Å²) in [5.41, 5.74) is 3.40. The van der Waals surface area contributed by atoms with Crippen molar-refractivity contribution in [3.63, 3.8) is 0 Å². The number of imidazole rings is 1. The first-order chi connectivity index (χ1) is 19.5. The summed E-state index contributed by atoms with van der Waals surface area (Å²) in [6.45, 7) is 4.71. The summed E-state index contributed by atoms with van der Waals surface area (Å²) in [7, 11) is 1.57. The third-order valence-corrected chi connectivity index (χ3v) is 7.12. The van der Waals surface area contributed by atoms with E-state index in [4.69, 9.17) is 4.74 Å². The number of para-hydroxylation sites is 1. The molecular formula is C31H33N5O4. The molecule has 4 aromatic rings. The molecule has 0 bridgehead atoms. The molecule has 5 rings (SSSR count). The highest BCUT2D eigenvalue weighted by molar-refractivity contribution is 5.99. The summed E-state index contributed by atoms with van der Waals surface area (Å²) in [5.74, 6) is 0.184. The number of methoxy groups -OCH3 is 1. The van der Waals surface area contributed by atoms with E-state index in [2.05, 4.69) is 10.6 Å². The van der Waals surface area contributed by atoms with Crippen molar-refractivity contribution in [3.05, 3.63) is 106 Å². The van der Waals surface area contributed by atoms with Crippen LogP contribution in [0.3, 0.4) is 0 Å². The number of benzene rings is 3. The molecule has 2 N–H and O–H groups in total. The molecule has 0 saturated carbocycles. The summed E-state index contributed by atoms with van der Waals surface area (Å²) in [6.07, 6.45) is 0. The van der Waals surface area contributed by atoms with Gasteiger partial charge in [-0.1, -0.05) is 48.5 Å². The Balaban J connectivity index is 1.58. The summed E-state index contributed by atoms with van der Waals surface area (Å²) in [5, 5.41) is 6.17. The van der Waals surface area contributed by atoms with Crippen LogP contribution < -0.4 is 21.1 Å². The van der Waals surface area contributed by atoms with Crippen LogP contribution in [0.1, 0.15) is 26.4 Å². The first kappa shape index (κ1) is 27.0. The number of piperazine rings is 1. The zero-order valence-corrected chi connectivity index (χ0v) is 22.7. The summed E-state index contributed by atoms with van der Waals surface area (Å²) in [6, 6.07) is 24.0. The van der Waals surface area contributed by atoms with Gasteiger partial charge in [-0.25, -0.2) is 4.79 Å². The lowest BCUT2D eigenvalue weighted by molar-refractivity contribution is 0.0725. The Morgan fingerprint density at radius 3 is 2.27 bits per heavy atom. The molecule has 2 heterocycles. The van der Waals surface area contributed by atoms with Gasteiger partial charge in [0.25, 0.3) is 11.8 Å². The normalized spacial score (nSPS) is 13.2. The standard InChI is InChI=1S/C31H33N5O4/c1-22-8-6-7-11-26(22)36-27(23-9-4-3-5-10-23)28(30(38)34-19-16-32-17-20-34)35(31(36)39)21-18-33-29(37)24-12-14-25(40-2)15-13-24/h3-15,32H,16-21H2,1-2H3,(H,33,37). The van der Waals surface area contributed by atoms with E-state index in [0.717, 1.165) is 11.1 Å². The molecule has 0 unspecified atom stereocenters. The molecule has 9 nitrogen and oxygen atoms in total. The van der Waals surface area contributed by atoms with Crippen molar-refractivity contribution in [2.75, 3.05) is 39.8 Å². The molecule has 3 aromatic carbocycles. The van der Waals surface area contributed by atoms with Gasteiger partial charge in [0.1, 0.15) is 11.4 Å². The molecule has 9 heteroatoms. The molecule has 206 valence electrons. The number of hydrogen-bond acceptors (Lipinski definition) is 5. The highest BCUT2D eigenvalue weighted by Gasteiger charge is 2.31. The molecule has 1 saturated heterocycles. The first-order valence-electron chi connectivity index (χ1n) is 13.4. The first-order valence-corrected chi connectivity index (χ1v) is 13.4. The van der Waals surface area contributed by atoms with Crippen molar-refractivity contribution in [2.45, 2.75) is 13.5 Å². The van der Waals surface area contributed by atoms with E-state index in [-0.39, 0.29) is 30.6 Å². The Kier molecular flexibility index (Phi) is 8.12. The Bertz CT molecular complexity index is 1550. The van der Waals surface area contributed by atoms with E-state index in [0.29, 0.717) is 54.6 Å². The highest BCUT2D eigenvalue weighted by atomic mass is 16.5. The van der Waals surface area contributed by atoms with Gasteiger partial charge in [-0.15, -0.1) is 0 Å². The van der Waals surface area contributed by atoms with Gasteiger partial charge >= 0.3 is 5.69 Å². The predicted octanol–water partition coefficient (Wildman–Crippen LogP) is 3.10. The fourth-order valence-corrected chi connectivity index (χ4v) is 5.01. The second kappa shape index (κ2) is 12.0. The van der Waals surface area contributed by atoms with Gasteiger partial charge in [-0.3, -0.25) is 18.7 Å². The van der Waals surface area contributed by atoms with Gasteiger partial charge in [0.2, 0.25) is 0 Å². The lowest BCUT2D eigenvalue weighted by Crippen LogP contribution is -2.47. The monoisotopic (exact) mass is 539 g/mol. The molecule has 1 aliphatic heterocycles. The van der Waals surface area contributed by atoms with E-state index in [9.17, 15) is 14.4 Å². The van der Waals surface area contributed by atoms with Gasteiger partial charge in [0.15, 0.2) is 0 Å². The quantitative estimate of drug-likeness (QED) is 0.359. The van der Waals surface area contributed by atoms with E-state index in [1.165, 1.54) is 4.57 Å². The minimum Gasteiger partial charge on any atom is -0.497 e. The van der Waals surface area contributed by atoms with Crippen molar-refractivity contribution in [1.29, 1.82) is 0 Å². The van der Waals surface area contributed by atoms with Crippen LogP contribution in [0.4, 0.5) is 0 Å². The topological polar surface area (TPSA) is 97.6 Å². The average Bonchev–Trinajstić information content (AvgIpc) is 3.29. The molecule has 0 spiro atoms. The summed E-state index contributed by atoms with van der Waals surface area (Å²) in [4.78, 5) is 42.9. The van der Waals surface area contributed by atoms with Crippen molar-refractivity contribution < 1.29 is 14.3 Å². The van der Waals surface area contributed by atoms with Crippen LogP contribution in [0, 0.1) is 6.92 Å². The maximum Gasteiger partial charge on any atom is 0.333 e. The Morgan fingerprint density at radius 2 is 1.60 bits per heavy atom. The van der Waals surface area contributed by atoms with Crippen molar-refractivity contribution in [1.82, 2.24) is 24.7 Å². The summed E-state index contributed by atoms with van der Waals surface area (Å²) >= 11 is 0. The largest absolute Gasteiger partial charge is 0.497 e. The van der Waals surface area contributed by atoms with Crippen LogP contribution in [0.2, 0.25) is 0 Å². The zero-order chi connectivity index (χ0) is 28.1. The van der Waals surface area contributed by atoms with Crippen LogP contribution in [0.25, 0.3) is 16.9 Å². The highest BCUT2D eigenvalue weighted by Crippen LogP contribution is 2.28. The minimum atomic E-state index is -0.328. The van der Waals surface area contributed by atoms with Crippen LogP contribution in [-0.4, -0.2) is 65.7 Å². The SMILES string of the molecule is COc1ccc(C(=O)NCCn2c(C(=O)N3CCNCC3)c(-c3ccccc3)n(-c3ccccc3C)c2=O)cc1. The number of amides is 2. The van der Waals surface area contributed by atoms with E-state index < -0.39 is 0 Å². The van der Waals surface area contributed by atoms with Gasteiger partial charge in [0.05, 0.1) is 18.5 Å². The Hall–Kier alpha value is -4.63. The number of nitrogens with one attached hydrogen (secondary N) is 2. The van der Waals surface area contributed by atoms with Crippen molar-refractivity contribution >= 4 is 11.8 Å². The van der Waals surface area contributed by atoms with Crippen LogP contribution in [-0.2, 0) is 6.54 Å². The number of ether oxygens (including phenoxy) is 1. The number of hydrogen-bond donors (Lipinski definition) is 2. The second-order valence-corrected chi connectivity index (χ2v) is 9.65. The molecule has 1 aromatic heterocycles. The molecule has 1 fully saturated rings. The minimum absolute atomic E-state index is 0.132. The van der Waals surface area contributed by atoms with Crippen molar-refractivity contribution in [2.24, 2.45) is 0 Å². The van der Waals surface area contributed by atoms with Crippen LogP contribution in [0.15, 0.2) is 83.7 Å². The Morgan fingerprint density at radius 1 is 0.925 bits per heavy atom. The number of carbonyl (C=O) groups excluding carboxylic acids is 2. The van der Waals surface area contributed by atoms with Gasteiger partial charge in [-0.05, 0) is 42.8 Å². The lowest BCUT2D eigenvalue weighted by Gasteiger charge is -2.28. The molecule has 0 aliphatic carbocycles. The predicted molar refractivity (Wildman–Crippen MR) is 154 cm³/mol. The Labute approximate surface area is 233 Å². The fourth-order valence-electron chi connectivity index (χ4n) is 5.01. The zero-order valence-electron chi connectivity index (χ0n) is 22.7. The molecule has 40 heavy (non-hydrogen) atoms. The third kappa shape index (κ3) is 5.41. The number of aromatic nitrogens is 2. The second-order valence-electron chi connectivity index (χ2n) is 9.65. The van der Waals surface area contributed by atoms with Crippen LogP contribution in [0.5, 0.6) is 5.75 Å². The third-order valence-electron chi connectivity index (χ3n) is 7.12. The number of carbonyl (C=O) groups is 2. The number of rotatable bonds is 8. The van der Waals surface area contributed by atoms with Crippen LogP contribution >= 0.6 is 0 Å². The lowest BCUT2D eigenvalue weighted by atomic mass is 10.1. The van der Waals surface area contributed by atoms with E-state index in [1.54, 1.807) is 40.8 Å². The fraction of sp³-hybridized carbons (Fsp3) is 0.258. The van der Waals surface area contributed by atoms with E-state index >= 15 is 0 Å². The molecule has 1 aliphatic rings. The van der Waals surface area contributed by atoms with Crippen molar-refractivity contribution in [3.8, 4) is 22.7 Å². The maximum atomic E-state index is 14.2. The maximum absolute atomic E-state index is 14.2. The summed E-state index contributed by atoms with van der Waals surface area (Å²) < 4.78 is 8.31.